The van der Waals surface area contributed by atoms with Crippen LogP contribution < -0.4 is 15.0 Å². The summed E-state index contributed by atoms with van der Waals surface area (Å²) in [6.07, 6.45) is 6.57. The van der Waals surface area contributed by atoms with Gasteiger partial charge in [0.2, 0.25) is 5.88 Å². The maximum absolute atomic E-state index is 5.20. The van der Waals surface area contributed by atoms with Crippen molar-refractivity contribution in [2.75, 3.05) is 25.1 Å². The van der Waals surface area contributed by atoms with Gasteiger partial charge in [-0.05, 0) is 38.8 Å². The van der Waals surface area contributed by atoms with E-state index in [1.807, 2.05) is 6.07 Å². The van der Waals surface area contributed by atoms with E-state index in [0.717, 1.165) is 18.9 Å². The molecule has 1 saturated carbocycles. The van der Waals surface area contributed by atoms with E-state index in [9.17, 15) is 0 Å². The van der Waals surface area contributed by atoms with Crippen LogP contribution in [0.25, 0.3) is 0 Å². The summed E-state index contributed by atoms with van der Waals surface area (Å²) in [6, 6.07) is 3.24. The molecule has 1 aliphatic heterocycles. The monoisotopic (exact) mass is 248 g/mol. The molecule has 1 saturated heterocycles. The zero-order chi connectivity index (χ0) is 12.4. The van der Waals surface area contributed by atoms with Crippen molar-refractivity contribution < 1.29 is 4.74 Å². The predicted octanol–water partition coefficient (Wildman–Crippen LogP) is 1.21. The third-order valence-electron chi connectivity index (χ3n) is 3.74. The smallest absolute Gasteiger partial charge is 0.218 e. The van der Waals surface area contributed by atoms with E-state index >= 15 is 0 Å². The average molecular weight is 248 g/mol. The van der Waals surface area contributed by atoms with Gasteiger partial charge in [-0.2, -0.15) is 0 Å². The normalized spacial score (nSPS) is 20.7. The number of nitrogens with one attached hydrogen (secondary N) is 1. The molecule has 2 aliphatic rings. The van der Waals surface area contributed by atoms with Crippen molar-refractivity contribution >= 4 is 5.82 Å². The lowest BCUT2D eigenvalue weighted by molar-refractivity contribution is 0.394. The molecule has 98 valence electrons. The number of rotatable bonds is 4. The molecular formula is C13H20N4O. The molecular weight excluding hydrogens is 228 g/mol. The largest absolute Gasteiger partial charge is 0.481 e. The van der Waals surface area contributed by atoms with E-state index in [0.29, 0.717) is 18.0 Å². The molecule has 0 atom stereocenters. The summed E-state index contributed by atoms with van der Waals surface area (Å²) >= 11 is 0. The standard InChI is InChI=1S/C13H20N4O/c1-18-13-8-12(15-9-16-13)17(10-2-3-10)11-4-6-14-7-5-11/h8-11,14H,2-7H2,1H3. The zero-order valence-electron chi connectivity index (χ0n) is 10.8. The van der Waals surface area contributed by atoms with Gasteiger partial charge in [-0.3, -0.25) is 0 Å². The number of aromatic nitrogens is 2. The average Bonchev–Trinajstić information content (AvgIpc) is 3.25. The molecule has 18 heavy (non-hydrogen) atoms. The van der Waals surface area contributed by atoms with Crippen LogP contribution in [0.5, 0.6) is 5.88 Å². The number of hydrogen-bond donors (Lipinski definition) is 1. The van der Waals surface area contributed by atoms with E-state index in [2.05, 4.69) is 20.2 Å². The van der Waals surface area contributed by atoms with Crippen molar-refractivity contribution in [1.29, 1.82) is 0 Å². The van der Waals surface area contributed by atoms with Gasteiger partial charge in [0.15, 0.2) is 0 Å². The Kier molecular flexibility index (Phi) is 3.32. The van der Waals surface area contributed by atoms with Crippen molar-refractivity contribution in [3.63, 3.8) is 0 Å². The fraction of sp³-hybridized carbons (Fsp3) is 0.692. The summed E-state index contributed by atoms with van der Waals surface area (Å²) in [6.45, 7) is 2.21. The Hall–Kier alpha value is -1.36. The Bertz CT molecular complexity index is 402. The van der Waals surface area contributed by atoms with Crippen LogP contribution in [-0.4, -0.2) is 42.3 Å². The molecule has 0 bridgehead atoms. The predicted molar refractivity (Wildman–Crippen MR) is 70.0 cm³/mol. The molecule has 3 rings (SSSR count). The molecule has 0 amide bonds. The van der Waals surface area contributed by atoms with Crippen molar-refractivity contribution in [2.45, 2.75) is 37.8 Å². The Morgan fingerprint density at radius 2 is 1.89 bits per heavy atom. The third-order valence-corrected chi connectivity index (χ3v) is 3.74. The van der Waals surface area contributed by atoms with E-state index in [-0.39, 0.29) is 0 Å². The third kappa shape index (κ3) is 2.41. The molecule has 1 aliphatic carbocycles. The van der Waals surface area contributed by atoms with Crippen LogP contribution in [0.2, 0.25) is 0 Å². The second-order valence-electron chi connectivity index (χ2n) is 5.04. The SMILES string of the molecule is COc1cc(N(C2CCNCC2)C2CC2)ncn1. The highest BCUT2D eigenvalue weighted by molar-refractivity contribution is 5.45. The first kappa shape index (κ1) is 11.7. The zero-order valence-corrected chi connectivity index (χ0v) is 10.8. The summed E-state index contributed by atoms with van der Waals surface area (Å²) in [5.74, 6) is 1.68. The Morgan fingerprint density at radius 3 is 2.56 bits per heavy atom. The lowest BCUT2D eigenvalue weighted by atomic mass is 10.0. The van der Waals surface area contributed by atoms with Gasteiger partial charge in [-0.1, -0.05) is 0 Å². The molecule has 0 aromatic carbocycles. The van der Waals surface area contributed by atoms with Gasteiger partial charge in [0, 0.05) is 18.2 Å². The number of piperidine rings is 1. The van der Waals surface area contributed by atoms with Crippen molar-refractivity contribution in [3.05, 3.63) is 12.4 Å². The van der Waals surface area contributed by atoms with Crippen LogP contribution in [0.4, 0.5) is 5.82 Å². The van der Waals surface area contributed by atoms with Crippen LogP contribution in [-0.2, 0) is 0 Å². The number of ether oxygens (including phenoxy) is 1. The minimum atomic E-state index is 0.610. The first-order valence-electron chi connectivity index (χ1n) is 6.73. The highest BCUT2D eigenvalue weighted by Crippen LogP contribution is 2.35. The van der Waals surface area contributed by atoms with Crippen LogP contribution >= 0.6 is 0 Å². The Balaban J connectivity index is 1.83. The van der Waals surface area contributed by atoms with Gasteiger partial charge < -0.3 is 15.0 Å². The minimum absolute atomic E-state index is 0.610. The van der Waals surface area contributed by atoms with Crippen molar-refractivity contribution in [1.82, 2.24) is 15.3 Å². The van der Waals surface area contributed by atoms with Gasteiger partial charge in [-0.25, -0.2) is 9.97 Å². The molecule has 0 radical (unpaired) electrons. The topological polar surface area (TPSA) is 50.3 Å². The molecule has 2 heterocycles. The molecule has 0 spiro atoms. The van der Waals surface area contributed by atoms with Crippen LogP contribution in [0, 0.1) is 0 Å². The Morgan fingerprint density at radius 1 is 1.17 bits per heavy atom. The fourth-order valence-electron chi connectivity index (χ4n) is 2.69. The Labute approximate surface area is 108 Å². The first-order valence-corrected chi connectivity index (χ1v) is 6.73. The second kappa shape index (κ2) is 5.10. The lowest BCUT2D eigenvalue weighted by Crippen LogP contribution is -2.44. The maximum Gasteiger partial charge on any atom is 0.218 e. The number of hydrogen-bond acceptors (Lipinski definition) is 5. The number of methoxy groups -OCH3 is 1. The summed E-state index contributed by atoms with van der Waals surface area (Å²) in [5, 5.41) is 3.42. The van der Waals surface area contributed by atoms with E-state index in [4.69, 9.17) is 4.74 Å². The van der Waals surface area contributed by atoms with Gasteiger partial charge >= 0.3 is 0 Å². The molecule has 5 heteroatoms. The van der Waals surface area contributed by atoms with E-state index in [1.54, 1.807) is 13.4 Å². The van der Waals surface area contributed by atoms with Crippen LogP contribution in [0.3, 0.4) is 0 Å². The highest BCUT2D eigenvalue weighted by atomic mass is 16.5. The highest BCUT2D eigenvalue weighted by Gasteiger charge is 2.35. The lowest BCUT2D eigenvalue weighted by Gasteiger charge is -2.35. The van der Waals surface area contributed by atoms with Crippen molar-refractivity contribution in [3.8, 4) is 5.88 Å². The van der Waals surface area contributed by atoms with E-state index in [1.165, 1.54) is 25.7 Å². The summed E-state index contributed by atoms with van der Waals surface area (Å²) in [7, 11) is 1.65. The van der Waals surface area contributed by atoms with Gasteiger partial charge in [0.05, 0.1) is 7.11 Å². The first-order chi connectivity index (χ1) is 8.88. The van der Waals surface area contributed by atoms with Gasteiger partial charge in [0.25, 0.3) is 0 Å². The van der Waals surface area contributed by atoms with Crippen molar-refractivity contribution in [2.24, 2.45) is 0 Å². The summed E-state index contributed by atoms with van der Waals surface area (Å²) < 4.78 is 5.20. The summed E-state index contributed by atoms with van der Waals surface area (Å²) in [4.78, 5) is 11.0. The fourth-order valence-corrected chi connectivity index (χ4v) is 2.69. The maximum atomic E-state index is 5.20. The van der Waals surface area contributed by atoms with Gasteiger partial charge in [-0.15, -0.1) is 0 Å². The molecule has 0 unspecified atom stereocenters. The van der Waals surface area contributed by atoms with Crippen LogP contribution in [0.15, 0.2) is 12.4 Å². The molecule has 2 fully saturated rings. The summed E-state index contributed by atoms with van der Waals surface area (Å²) in [5.41, 5.74) is 0. The van der Waals surface area contributed by atoms with E-state index < -0.39 is 0 Å². The molecule has 1 aromatic rings. The number of anilines is 1. The number of nitrogens with zero attached hydrogens (tertiary/aromatic N) is 3. The molecule has 1 N–H and O–H groups in total. The molecule has 5 nitrogen and oxygen atoms in total. The molecule has 1 aromatic heterocycles. The van der Waals surface area contributed by atoms with Crippen LogP contribution in [0.1, 0.15) is 25.7 Å². The minimum Gasteiger partial charge on any atom is -0.481 e. The second-order valence-corrected chi connectivity index (χ2v) is 5.04. The van der Waals surface area contributed by atoms with Gasteiger partial charge in [0.1, 0.15) is 12.1 Å². The quantitative estimate of drug-likeness (QED) is 0.868.